The molecule has 3 rings (SSSR count). The number of hydrogen-bond acceptors (Lipinski definition) is 5. The van der Waals surface area contributed by atoms with Gasteiger partial charge < -0.3 is 15.0 Å². The van der Waals surface area contributed by atoms with Gasteiger partial charge in [-0.25, -0.2) is 15.3 Å². The van der Waals surface area contributed by atoms with Crippen molar-refractivity contribution >= 4 is 17.6 Å². The van der Waals surface area contributed by atoms with E-state index in [4.69, 9.17) is 9.94 Å². The summed E-state index contributed by atoms with van der Waals surface area (Å²) in [5.41, 5.74) is 4.09. The number of ether oxygens (including phenoxy) is 1. The van der Waals surface area contributed by atoms with E-state index in [1.165, 1.54) is 11.5 Å². The van der Waals surface area contributed by atoms with Crippen LogP contribution in [0.4, 0.5) is 10.5 Å². The lowest BCUT2D eigenvalue weighted by Crippen LogP contribution is -2.36. The molecule has 8 heteroatoms. The fourth-order valence-electron chi connectivity index (χ4n) is 2.45. The molecule has 0 bridgehead atoms. The molecule has 0 unspecified atom stereocenters. The molecule has 1 aliphatic heterocycles. The minimum Gasteiger partial charge on any atom is -0.476 e. The number of amides is 3. The number of aromatic nitrogens is 1. The van der Waals surface area contributed by atoms with Crippen molar-refractivity contribution in [2.45, 2.75) is 13.5 Å². The highest BCUT2D eigenvalue weighted by molar-refractivity contribution is 5.91. The monoisotopic (exact) mass is 342 g/mol. The third-order valence-corrected chi connectivity index (χ3v) is 3.82. The number of pyridine rings is 1. The molecule has 0 saturated heterocycles. The summed E-state index contributed by atoms with van der Waals surface area (Å²) >= 11 is 0. The summed E-state index contributed by atoms with van der Waals surface area (Å²) in [6.45, 7) is 2.93. The van der Waals surface area contributed by atoms with Crippen LogP contribution in [0.1, 0.15) is 21.6 Å². The van der Waals surface area contributed by atoms with Gasteiger partial charge in [0.15, 0.2) is 0 Å². The van der Waals surface area contributed by atoms with E-state index in [0.29, 0.717) is 24.3 Å². The van der Waals surface area contributed by atoms with Gasteiger partial charge in [-0.05, 0) is 31.2 Å². The molecule has 1 aliphatic rings. The zero-order valence-electron chi connectivity index (χ0n) is 13.7. The van der Waals surface area contributed by atoms with E-state index < -0.39 is 5.91 Å². The van der Waals surface area contributed by atoms with Gasteiger partial charge in [0.1, 0.15) is 12.3 Å². The highest BCUT2D eigenvalue weighted by atomic mass is 16.5. The molecule has 2 aromatic rings. The first kappa shape index (κ1) is 16.7. The van der Waals surface area contributed by atoms with Crippen LogP contribution in [0.2, 0.25) is 0 Å². The number of fused-ring (bicyclic) bond motifs is 1. The first-order valence-corrected chi connectivity index (χ1v) is 7.76. The van der Waals surface area contributed by atoms with Crippen LogP contribution in [-0.2, 0) is 6.54 Å². The van der Waals surface area contributed by atoms with Crippen molar-refractivity contribution in [3.8, 4) is 5.88 Å². The molecule has 0 atom stereocenters. The molecule has 1 aromatic heterocycles. The van der Waals surface area contributed by atoms with E-state index in [1.807, 2.05) is 31.2 Å². The van der Waals surface area contributed by atoms with Crippen molar-refractivity contribution in [2.24, 2.45) is 0 Å². The summed E-state index contributed by atoms with van der Waals surface area (Å²) in [4.78, 5) is 29.6. The summed E-state index contributed by atoms with van der Waals surface area (Å²) < 4.78 is 5.54. The maximum Gasteiger partial charge on any atom is 0.322 e. The summed E-state index contributed by atoms with van der Waals surface area (Å²) in [6.07, 6.45) is 0. The average Bonchev–Trinajstić information content (AvgIpc) is 2.84. The van der Waals surface area contributed by atoms with Crippen molar-refractivity contribution in [2.75, 3.05) is 18.5 Å². The second-order valence-corrected chi connectivity index (χ2v) is 5.67. The minimum absolute atomic E-state index is 0.0406. The van der Waals surface area contributed by atoms with Crippen LogP contribution in [0.15, 0.2) is 36.4 Å². The molecular formula is C17H18N4O4. The third kappa shape index (κ3) is 3.86. The van der Waals surface area contributed by atoms with E-state index in [-0.39, 0.29) is 24.2 Å². The largest absolute Gasteiger partial charge is 0.476 e. The SMILES string of the molecule is Cc1ccc(NC(=O)N2CCOc3nc(C(=O)NO)ccc3C2)cc1. The molecule has 3 amide bonds. The van der Waals surface area contributed by atoms with E-state index in [9.17, 15) is 9.59 Å². The fourth-order valence-corrected chi connectivity index (χ4v) is 2.45. The third-order valence-electron chi connectivity index (χ3n) is 3.82. The number of urea groups is 1. The van der Waals surface area contributed by atoms with Gasteiger partial charge in [-0.1, -0.05) is 17.7 Å². The van der Waals surface area contributed by atoms with E-state index in [0.717, 1.165) is 5.56 Å². The maximum absolute atomic E-state index is 12.5. The second-order valence-electron chi connectivity index (χ2n) is 5.67. The fraction of sp³-hybridized carbons (Fsp3) is 0.235. The number of carbonyl (C=O) groups is 2. The van der Waals surface area contributed by atoms with Crippen LogP contribution in [0.3, 0.4) is 0 Å². The zero-order chi connectivity index (χ0) is 17.8. The highest BCUT2D eigenvalue weighted by Gasteiger charge is 2.22. The molecule has 0 aliphatic carbocycles. The predicted octanol–water partition coefficient (Wildman–Crippen LogP) is 1.94. The van der Waals surface area contributed by atoms with Gasteiger partial charge in [-0.15, -0.1) is 0 Å². The number of anilines is 1. The number of nitrogens with one attached hydrogen (secondary N) is 2. The molecule has 3 N–H and O–H groups in total. The van der Waals surface area contributed by atoms with Gasteiger partial charge in [0.25, 0.3) is 5.91 Å². The Balaban J connectivity index is 1.73. The molecule has 8 nitrogen and oxygen atoms in total. The molecule has 0 radical (unpaired) electrons. The van der Waals surface area contributed by atoms with Gasteiger partial charge in [-0.2, -0.15) is 0 Å². The van der Waals surface area contributed by atoms with Crippen LogP contribution >= 0.6 is 0 Å². The van der Waals surface area contributed by atoms with Crippen molar-refractivity contribution in [3.63, 3.8) is 0 Å². The summed E-state index contributed by atoms with van der Waals surface area (Å²) in [6, 6.07) is 10.4. The highest BCUT2D eigenvalue weighted by Crippen LogP contribution is 2.22. The van der Waals surface area contributed by atoms with E-state index >= 15 is 0 Å². The Labute approximate surface area is 144 Å². The normalized spacial score (nSPS) is 13.3. The number of carbonyl (C=O) groups excluding carboxylic acids is 2. The number of rotatable bonds is 2. The van der Waals surface area contributed by atoms with Crippen LogP contribution in [-0.4, -0.2) is 40.2 Å². The van der Waals surface area contributed by atoms with Gasteiger partial charge in [-0.3, -0.25) is 10.0 Å². The lowest BCUT2D eigenvalue weighted by Gasteiger charge is -2.20. The Morgan fingerprint density at radius 2 is 1.96 bits per heavy atom. The maximum atomic E-state index is 12.5. The first-order chi connectivity index (χ1) is 12.1. The van der Waals surface area contributed by atoms with Crippen molar-refractivity contribution in [1.82, 2.24) is 15.4 Å². The molecular weight excluding hydrogens is 324 g/mol. The van der Waals surface area contributed by atoms with Crippen LogP contribution < -0.4 is 15.5 Å². The Hall–Kier alpha value is -3.13. The molecule has 130 valence electrons. The number of hydrogen-bond donors (Lipinski definition) is 3. The molecule has 1 aromatic carbocycles. The van der Waals surface area contributed by atoms with Crippen molar-refractivity contribution in [3.05, 3.63) is 53.2 Å². The predicted molar refractivity (Wildman–Crippen MR) is 89.6 cm³/mol. The minimum atomic E-state index is -0.718. The van der Waals surface area contributed by atoms with Crippen LogP contribution in [0, 0.1) is 6.92 Å². The van der Waals surface area contributed by atoms with Crippen molar-refractivity contribution < 1.29 is 19.5 Å². The quantitative estimate of drug-likeness (QED) is 0.571. The average molecular weight is 342 g/mol. The van der Waals surface area contributed by atoms with E-state index in [1.54, 1.807) is 11.0 Å². The lowest BCUT2D eigenvalue weighted by molar-refractivity contribution is 0.0699. The first-order valence-electron chi connectivity index (χ1n) is 7.76. The molecule has 25 heavy (non-hydrogen) atoms. The Morgan fingerprint density at radius 1 is 1.20 bits per heavy atom. The van der Waals surface area contributed by atoms with E-state index in [2.05, 4.69) is 10.3 Å². The number of nitrogens with zero attached hydrogens (tertiary/aromatic N) is 2. The second kappa shape index (κ2) is 7.18. The van der Waals surface area contributed by atoms with Crippen LogP contribution in [0.5, 0.6) is 5.88 Å². The van der Waals surface area contributed by atoms with Gasteiger partial charge >= 0.3 is 6.03 Å². The molecule has 0 saturated carbocycles. The van der Waals surface area contributed by atoms with Crippen LogP contribution in [0.25, 0.3) is 0 Å². The smallest absolute Gasteiger partial charge is 0.322 e. The Morgan fingerprint density at radius 3 is 2.68 bits per heavy atom. The number of aryl methyl sites for hydroxylation is 1. The number of hydroxylamine groups is 1. The zero-order valence-corrected chi connectivity index (χ0v) is 13.7. The van der Waals surface area contributed by atoms with Gasteiger partial charge in [0.05, 0.1) is 13.1 Å². The van der Waals surface area contributed by atoms with Gasteiger partial charge in [0, 0.05) is 11.3 Å². The topological polar surface area (TPSA) is 104 Å². The molecule has 0 spiro atoms. The number of benzene rings is 1. The molecule has 2 heterocycles. The Bertz CT molecular complexity index is 792. The summed E-state index contributed by atoms with van der Waals surface area (Å²) in [7, 11) is 0. The standard InChI is InChI=1S/C17H18N4O4/c1-11-2-5-13(6-3-11)18-17(23)21-8-9-25-16-12(10-21)4-7-14(19-16)15(22)20-24/h2-7,24H,8-10H2,1H3,(H,18,23)(H,20,22). The van der Waals surface area contributed by atoms with Gasteiger partial charge in [0.2, 0.25) is 5.88 Å². The van der Waals surface area contributed by atoms with Crippen molar-refractivity contribution in [1.29, 1.82) is 0 Å². The summed E-state index contributed by atoms with van der Waals surface area (Å²) in [5, 5.41) is 11.5. The Kier molecular flexibility index (Phi) is 4.80. The lowest BCUT2D eigenvalue weighted by atomic mass is 10.2. The molecule has 0 fully saturated rings. The summed E-state index contributed by atoms with van der Waals surface area (Å²) in [5.74, 6) is -0.434.